The second-order valence-electron chi connectivity index (χ2n) is 11.6. The Balaban J connectivity index is 1.19. The summed E-state index contributed by atoms with van der Waals surface area (Å²) in [7, 11) is 1.34. The van der Waals surface area contributed by atoms with Crippen molar-refractivity contribution < 1.29 is 19.1 Å². The monoisotopic (exact) mass is 618 g/mol. The lowest BCUT2D eigenvalue weighted by Gasteiger charge is -2.23. The van der Waals surface area contributed by atoms with E-state index in [4.69, 9.17) is 14.7 Å². The number of anilines is 4. The van der Waals surface area contributed by atoms with E-state index in [1.165, 1.54) is 7.11 Å². The highest BCUT2D eigenvalue weighted by Crippen LogP contribution is 2.34. The Bertz CT molecular complexity index is 2000. The fourth-order valence-electron chi connectivity index (χ4n) is 5.51. The van der Waals surface area contributed by atoms with Gasteiger partial charge in [-0.15, -0.1) is 0 Å². The summed E-state index contributed by atoms with van der Waals surface area (Å²) in [5.74, 6) is 0.658. The van der Waals surface area contributed by atoms with Gasteiger partial charge in [0.15, 0.2) is 0 Å². The van der Waals surface area contributed by atoms with E-state index >= 15 is 0 Å². The first-order valence-corrected chi connectivity index (χ1v) is 14.8. The zero-order valence-corrected chi connectivity index (χ0v) is 25.4. The van der Waals surface area contributed by atoms with E-state index in [1.807, 2.05) is 38.4 Å². The van der Waals surface area contributed by atoms with Crippen molar-refractivity contribution in [1.82, 2.24) is 39.5 Å². The third-order valence-electron chi connectivity index (χ3n) is 8.21. The predicted octanol–water partition coefficient (Wildman–Crippen LogP) is 4.69. The van der Waals surface area contributed by atoms with Crippen LogP contribution in [0, 0.1) is 13.8 Å². The lowest BCUT2D eigenvalue weighted by Crippen LogP contribution is -2.26. The standard InChI is InChI=1S/C32H30N10O4/c1-17-11-33-31(37-20-13-35-41(15-20)22-7-24(43)8-22)39-28(17)19-4-5-26(30(45)46-3)27(6-19)29-18(2)12-34-32(40-29)38-21-14-36-42(16-21)23-9-25(44)10-23/h4-6,11-16,22-23H,7-10H2,1-3H3,(H,33,37,39)(H,34,38,40). The van der Waals surface area contributed by atoms with Crippen molar-refractivity contribution >= 4 is 40.8 Å². The number of nitrogens with one attached hydrogen (secondary N) is 2. The number of benzene rings is 1. The van der Waals surface area contributed by atoms with E-state index in [-0.39, 0.29) is 23.7 Å². The Morgan fingerprint density at radius 3 is 1.83 bits per heavy atom. The number of hydrogen-bond acceptors (Lipinski definition) is 12. The minimum atomic E-state index is -0.502. The molecule has 0 spiro atoms. The first-order chi connectivity index (χ1) is 22.2. The maximum Gasteiger partial charge on any atom is 0.338 e. The number of carbonyl (C=O) groups is 3. The second kappa shape index (κ2) is 11.6. The third-order valence-corrected chi connectivity index (χ3v) is 8.21. The van der Waals surface area contributed by atoms with Crippen LogP contribution in [-0.4, -0.2) is 64.1 Å². The van der Waals surface area contributed by atoms with Crippen LogP contribution in [0.2, 0.25) is 0 Å². The van der Waals surface area contributed by atoms with Crippen LogP contribution in [0.3, 0.4) is 0 Å². The van der Waals surface area contributed by atoms with Crippen LogP contribution < -0.4 is 10.6 Å². The van der Waals surface area contributed by atoms with Gasteiger partial charge in [-0.3, -0.25) is 19.0 Å². The van der Waals surface area contributed by atoms with Crippen molar-refractivity contribution in [3.63, 3.8) is 0 Å². The number of nitrogens with zero attached hydrogens (tertiary/aromatic N) is 8. The van der Waals surface area contributed by atoms with Crippen LogP contribution in [0.4, 0.5) is 23.3 Å². The fraction of sp³-hybridized carbons (Fsp3) is 0.281. The molecule has 232 valence electrons. The minimum Gasteiger partial charge on any atom is -0.465 e. The molecule has 46 heavy (non-hydrogen) atoms. The van der Waals surface area contributed by atoms with Gasteiger partial charge in [-0.1, -0.05) is 6.07 Å². The first kappa shape index (κ1) is 29.0. The van der Waals surface area contributed by atoms with Crippen LogP contribution in [0.15, 0.2) is 55.4 Å². The number of ketones is 2. The molecule has 2 fully saturated rings. The van der Waals surface area contributed by atoms with Crippen molar-refractivity contribution in [3.8, 4) is 22.5 Å². The molecule has 5 aromatic rings. The van der Waals surface area contributed by atoms with E-state index in [0.29, 0.717) is 71.5 Å². The molecule has 0 radical (unpaired) electrons. The molecule has 0 saturated heterocycles. The van der Waals surface area contributed by atoms with Crippen LogP contribution in [0.1, 0.15) is 59.3 Å². The summed E-state index contributed by atoms with van der Waals surface area (Å²) >= 11 is 0. The lowest BCUT2D eigenvalue weighted by atomic mass is 9.92. The van der Waals surface area contributed by atoms with Gasteiger partial charge in [0.2, 0.25) is 11.9 Å². The van der Waals surface area contributed by atoms with Gasteiger partial charge in [-0.05, 0) is 37.1 Å². The van der Waals surface area contributed by atoms with Gasteiger partial charge >= 0.3 is 5.97 Å². The topological polar surface area (TPSA) is 172 Å². The van der Waals surface area contributed by atoms with Crippen molar-refractivity contribution in [1.29, 1.82) is 0 Å². The maximum absolute atomic E-state index is 12.9. The number of Topliss-reactive ketones (excluding diaryl/α,β-unsaturated/α-hetero) is 2. The molecule has 0 unspecified atom stereocenters. The van der Waals surface area contributed by atoms with Crippen molar-refractivity contribution in [2.24, 2.45) is 0 Å². The lowest BCUT2D eigenvalue weighted by molar-refractivity contribution is -0.127. The van der Waals surface area contributed by atoms with Crippen LogP contribution in [0.25, 0.3) is 22.5 Å². The molecule has 0 bridgehead atoms. The number of carbonyl (C=O) groups excluding carboxylic acids is 3. The number of rotatable bonds is 9. The van der Waals surface area contributed by atoms with Gasteiger partial charge in [-0.25, -0.2) is 24.7 Å². The van der Waals surface area contributed by atoms with E-state index in [0.717, 1.165) is 16.7 Å². The predicted molar refractivity (Wildman–Crippen MR) is 167 cm³/mol. The molecule has 1 aromatic carbocycles. The van der Waals surface area contributed by atoms with E-state index in [2.05, 4.69) is 30.8 Å². The molecule has 4 aromatic heterocycles. The molecule has 14 nitrogen and oxygen atoms in total. The number of aromatic nitrogens is 8. The molecular formula is C32H30N10O4. The number of ether oxygens (including phenoxy) is 1. The molecular weight excluding hydrogens is 588 g/mol. The van der Waals surface area contributed by atoms with Gasteiger partial charge < -0.3 is 15.4 Å². The van der Waals surface area contributed by atoms with Gasteiger partial charge in [-0.2, -0.15) is 10.2 Å². The maximum atomic E-state index is 12.9. The Kier molecular flexibility index (Phi) is 7.31. The second-order valence-corrected chi connectivity index (χ2v) is 11.6. The Labute approximate surface area is 263 Å². The van der Waals surface area contributed by atoms with E-state index in [9.17, 15) is 14.4 Å². The number of aryl methyl sites for hydroxylation is 2. The number of esters is 1. The first-order valence-electron chi connectivity index (χ1n) is 14.8. The SMILES string of the molecule is COC(=O)c1ccc(-c2nc(Nc3cnn(C4CC(=O)C4)c3)ncc2C)cc1-c1nc(Nc2cnn(C3CC(=O)C3)c2)ncc1C. The molecule has 0 amide bonds. The number of hydrogen-bond donors (Lipinski definition) is 2. The largest absolute Gasteiger partial charge is 0.465 e. The van der Waals surface area contributed by atoms with Gasteiger partial charge in [0, 0.05) is 61.6 Å². The van der Waals surface area contributed by atoms with E-state index < -0.39 is 5.97 Å². The molecule has 2 saturated carbocycles. The summed E-state index contributed by atoms with van der Waals surface area (Å²) in [4.78, 5) is 54.2. The molecule has 4 heterocycles. The molecule has 14 heteroatoms. The summed E-state index contributed by atoms with van der Waals surface area (Å²) in [6, 6.07) is 5.54. The van der Waals surface area contributed by atoms with Crippen molar-refractivity contribution in [3.05, 3.63) is 72.1 Å². The molecule has 2 aliphatic carbocycles. The van der Waals surface area contributed by atoms with Crippen LogP contribution in [-0.2, 0) is 14.3 Å². The summed E-state index contributed by atoms with van der Waals surface area (Å²) in [6.45, 7) is 3.78. The smallest absolute Gasteiger partial charge is 0.338 e. The quantitative estimate of drug-likeness (QED) is 0.219. The average molecular weight is 619 g/mol. The third kappa shape index (κ3) is 5.60. The van der Waals surface area contributed by atoms with Gasteiger partial charge in [0.25, 0.3) is 0 Å². The highest BCUT2D eigenvalue weighted by molar-refractivity contribution is 5.98. The molecule has 0 aliphatic heterocycles. The zero-order chi connectivity index (χ0) is 31.9. The van der Waals surface area contributed by atoms with Crippen LogP contribution >= 0.6 is 0 Å². The number of methoxy groups -OCH3 is 1. The molecule has 2 aliphatic rings. The summed E-state index contributed by atoms with van der Waals surface area (Å²) in [6.07, 6.45) is 12.4. The molecule has 2 N–H and O–H groups in total. The Morgan fingerprint density at radius 1 is 0.783 bits per heavy atom. The molecule has 0 atom stereocenters. The van der Waals surface area contributed by atoms with Crippen LogP contribution in [0.5, 0.6) is 0 Å². The van der Waals surface area contributed by atoms with Crippen molar-refractivity contribution in [2.45, 2.75) is 51.6 Å². The zero-order valence-electron chi connectivity index (χ0n) is 25.4. The highest BCUT2D eigenvalue weighted by Gasteiger charge is 2.29. The summed E-state index contributed by atoms with van der Waals surface area (Å²) in [5, 5.41) is 15.1. The minimum absolute atomic E-state index is 0.0702. The Morgan fingerprint density at radius 2 is 1.30 bits per heavy atom. The van der Waals surface area contributed by atoms with Gasteiger partial charge in [0.1, 0.15) is 11.6 Å². The Hall–Kier alpha value is -5.79. The summed E-state index contributed by atoms with van der Waals surface area (Å²) in [5.41, 5.74) is 5.83. The fourth-order valence-corrected chi connectivity index (χ4v) is 5.51. The van der Waals surface area contributed by atoms with Crippen molar-refractivity contribution in [2.75, 3.05) is 17.7 Å². The molecule has 7 rings (SSSR count). The highest BCUT2D eigenvalue weighted by atomic mass is 16.5. The average Bonchev–Trinajstić information content (AvgIpc) is 3.68. The normalized spacial score (nSPS) is 14.9. The van der Waals surface area contributed by atoms with E-state index in [1.54, 1.807) is 40.2 Å². The van der Waals surface area contributed by atoms with Gasteiger partial charge in [0.05, 0.1) is 59.9 Å². The summed E-state index contributed by atoms with van der Waals surface area (Å²) < 4.78 is 8.66.